The van der Waals surface area contributed by atoms with Crippen molar-refractivity contribution in [1.82, 2.24) is 10.6 Å². The SMILES string of the molecule is C[C@H](N)C(=O)NCC(=O)NCC(=O)O.O.O. The molecule has 0 aromatic carbocycles. The molecule has 96 valence electrons. The molecule has 9 nitrogen and oxygen atoms in total. The Morgan fingerprint density at radius 1 is 1.19 bits per heavy atom. The Labute approximate surface area is 91.6 Å². The summed E-state index contributed by atoms with van der Waals surface area (Å²) in [6.07, 6.45) is 0. The van der Waals surface area contributed by atoms with Gasteiger partial charge in [0.1, 0.15) is 6.54 Å². The van der Waals surface area contributed by atoms with Crippen molar-refractivity contribution in [3.8, 4) is 0 Å². The maximum atomic E-state index is 10.9. The molecular formula is C7H17N3O6. The molecule has 9 N–H and O–H groups in total. The Hall–Kier alpha value is -1.71. The molecule has 0 spiro atoms. The van der Waals surface area contributed by atoms with Gasteiger partial charge in [-0.25, -0.2) is 0 Å². The molecule has 16 heavy (non-hydrogen) atoms. The van der Waals surface area contributed by atoms with E-state index in [0.717, 1.165) is 0 Å². The molecule has 0 bridgehead atoms. The first-order chi connectivity index (χ1) is 6.43. The number of hydrogen-bond donors (Lipinski definition) is 4. The first-order valence-electron chi connectivity index (χ1n) is 3.95. The van der Waals surface area contributed by atoms with Gasteiger partial charge in [-0.2, -0.15) is 0 Å². The average Bonchev–Trinajstić information content (AvgIpc) is 2.10. The van der Waals surface area contributed by atoms with Crippen molar-refractivity contribution in [2.75, 3.05) is 13.1 Å². The van der Waals surface area contributed by atoms with Crippen LogP contribution < -0.4 is 16.4 Å². The minimum atomic E-state index is -1.14. The number of carboxylic acids is 1. The fourth-order valence-electron chi connectivity index (χ4n) is 0.565. The summed E-state index contributed by atoms with van der Waals surface area (Å²) in [6, 6.07) is -0.692. The van der Waals surface area contributed by atoms with Crippen LogP contribution in [0.15, 0.2) is 0 Å². The van der Waals surface area contributed by atoms with Crippen LogP contribution in [0.4, 0.5) is 0 Å². The van der Waals surface area contributed by atoms with Gasteiger partial charge in [0, 0.05) is 0 Å². The van der Waals surface area contributed by atoms with Gasteiger partial charge in [-0.3, -0.25) is 14.4 Å². The minimum Gasteiger partial charge on any atom is -0.480 e. The first-order valence-corrected chi connectivity index (χ1v) is 3.95. The number of rotatable bonds is 5. The van der Waals surface area contributed by atoms with Gasteiger partial charge >= 0.3 is 5.97 Å². The van der Waals surface area contributed by atoms with E-state index in [-0.39, 0.29) is 17.5 Å². The van der Waals surface area contributed by atoms with Crippen LogP contribution in [0.3, 0.4) is 0 Å². The molecule has 0 aliphatic heterocycles. The second-order valence-corrected chi connectivity index (χ2v) is 2.68. The monoisotopic (exact) mass is 239 g/mol. The zero-order chi connectivity index (χ0) is 11.1. The molecular weight excluding hydrogens is 222 g/mol. The molecule has 0 aromatic heterocycles. The minimum absolute atomic E-state index is 0. The third-order valence-corrected chi connectivity index (χ3v) is 1.27. The molecule has 1 atom stereocenters. The molecule has 0 fully saturated rings. The Morgan fingerprint density at radius 2 is 1.69 bits per heavy atom. The predicted molar refractivity (Wildman–Crippen MR) is 54.5 cm³/mol. The summed E-state index contributed by atoms with van der Waals surface area (Å²) in [7, 11) is 0. The van der Waals surface area contributed by atoms with E-state index in [0.29, 0.717) is 0 Å². The normalized spacial score (nSPS) is 10.1. The highest BCUT2D eigenvalue weighted by Gasteiger charge is 2.09. The first kappa shape index (κ1) is 19.8. The topological polar surface area (TPSA) is 185 Å². The van der Waals surface area contributed by atoms with E-state index in [1.54, 1.807) is 0 Å². The molecule has 0 aliphatic carbocycles. The lowest BCUT2D eigenvalue weighted by atomic mass is 10.3. The molecule has 9 heteroatoms. The Kier molecular flexibility index (Phi) is 12.2. The fraction of sp³-hybridized carbons (Fsp3) is 0.571. The molecule has 0 radical (unpaired) electrons. The zero-order valence-electron chi connectivity index (χ0n) is 8.74. The Morgan fingerprint density at radius 3 is 2.06 bits per heavy atom. The van der Waals surface area contributed by atoms with Crippen molar-refractivity contribution >= 4 is 17.8 Å². The van der Waals surface area contributed by atoms with E-state index < -0.39 is 30.4 Å². The van der Waals surface area contributed by atoms with Crippen molar-refractivity contribution in [3.63, 3.8) is 0 Å². The fourth-order valence-corrected chi connectivity index (χ4v) is 0.565. The second kappa shape index (κ2) is 9.83. The smallest absolute Gasteiger partial charge is 0.322 e. The van der Waals surface area contributed by atoms with Gasteiger partial charge in [0.15, 0.2) is 0 Å². The van der Waals surface area contributed by atoms with Gasteiger partial charge in [0.05, 0.1) is 12.6 Å². The van der Waals surface area contributed by atoms with Crippen molar-refractivity contribution in [3.05, 3.63) is 0 Å². The average molecular weight is 239 g/mol. The summed E-state index contributed by atoms with van der Waals surface area (Å²) < 4.78 is 0. The second-order valence-electron chi connectivity index (χ2n) is 2.68. The van der Waals surface area contributed by atoms with Crippen molar-refractivity contribution in [2.24, 2.45) is 5.73 Å². The van der Waals surface area contributed by atoms with E-state index in [2.05, 4.69) is 10.6 Å². The summed E-state index contributed by atoms with van der Waals surface area (Å²) in [5, 5.41) is 12.5. The van der Waals surface area contributed by atoms with Crippen LogP contribution >= 0.6 is 0 Å². The number of carbonyl (C=O) groups is 3. The number of aliphatic carboxylic acids is 1. The third kappa shape index (κ3) is 10.4. The van der Waals surface area contributed by atoms with Crippen molar-refractivity contribution in [1.29, 1.82) is 0 Å². The van der Waals surface area contributed by atoms with Crippen LogP contribution in [0, 0.1) is 0 Å². The van der Waals surface area contributed by atoms with Gasteiger partial charge in [0.2, 0.25) is 11.8 Å². The van der Waals surface area contributed by atoms with Crippen molar-refractivity contribution in [2.45, 2.75) is 13.0 Å². The molecule has 0 saturated carbocycles. The number of amides is 2. The molecule has 0 aliphatic rings. The van der Waals surface area contributed by atoms with Crippen LogP contribution in [0.2, 0.25) is 0 Å². The van der Waals surface area contributed by atoms with Crippen LogP contribution in [0.5, 0.6) is 0 Å². The quantitative estimate of drug-likeness (QED) is 0.380. The number of nitrogens with one attached hydrogen (secondary N) is 2. The number of carboxylic acid groups (broad SMARTS) is 1. The van der Waals surface area contributed by atoms with Crippen LogP contribution in [-0.2, 0) is 14.4 Å². The van der Waals surface area contributed by atoms with E-state index in [1.165, 1.54) is 6.92 Å². The maximum Gasteiger partial charge on any atom is 0.322 e. The van der Waals surface area contributed by atoms with Gasteiger partial charge in [0.25, 0.3) is 0 Å². The van der Waals surface area contributed by atoms with Gasteiger partial charge in [-0.15, -0.1) is 0 Å². The lowest BCUT2D eigenvalue weighted by Crippen LogP contribution is -2.44. The molecule has 0 aromatic rings. The molecule has 0 rings (SSSR count). The van der Waals surface area contributed by atoms with Crippen molar-refractivity contribution < 1.29 is 30.4 Å². The Bertz CT molecular complexity index is 242. The molecule has 2 amide bonds. The molecule has 0 heterocycles. The predicted octanol–water partition coefficient (Wildman–Crippen LogP) is -4.00. The number of hydrogen-bond acceptors (Lipinski definition) is 4. The van der Waals surface area contributed by atoms with Crippen LogP contribution in [0.25, 0.3) is 0 Å². The lowest BCUT2D eigenvalue weighted by Gasteiger charge is -2.06. The van der Waals surface area contributed by atoms with E-state index in [4.69, 9.17) is 10.8 Å². The largest absolute Gasteiger partial charge is 0.480 e. The summed E-state index contributed by atoms with van der Waals surface area (Å²) in [4.78, 5) is 31.7. The summed E-state index contributed by atoms with van der Waals surface area (Å²) in [6.45, 7) is 0.741. The van der Waals surface area contributed by atoms with E-state index >= 15 is 0 Å². The highest BCUT2D eigenvalue weighted by atomic mass is 16.4. The highest BCUT2D eigenvalue weighted by Crippen LogP contribution is 1.74. The highest BCUT2D eigenvalue weighted by molar-refractivity contribution is 5.88. The molecule has 0 saturated heterocycles. The van der Waals surface area contributed by atoms with Gasteiger partial charge < -0.3 is 32.4 Å². The van der Waals surface area contributed by atoms with Gasteiger partial charge in [-0.1, -0.05) is 0 Å². The lowest BCUT2D eigenvalue weighted by molar-refractivity contribution is -0.137. The van der Waals surface area contributed by atoms with E-state index in [1.807, 2.05) is 0 Å². The number of carbonyl (C=O) groups excluding carboxylic acids is 2. The zero-order valence-corrected chi connectivity index (χ0v) is 8.74. The van der Waals surface area contributed by atoms with Crippen LogP contribution in [0.1, 0.15) is 6.92 Å². The summed E-state index contributed by atoms with van der Waals surface area (Å²) >= 11 is 0. The number of nitrogens with two attached hydrogens (primary N) is 1. The molecule has 0 unspecified atom stereocenters. The third-order valence-electron chi connectivity index (χ3n) is 1.27. The summed E-state index contributed by atoms with van der Waals surface area (Å²) in [5.41, 5.74) is 5.21. The Balaban J connectivity index is -0.000000845. The summed E-state index contributed by atoms with van der Waals surface area (Å²) in [5.74, 6) is -2.17. The van der Waals surface area contributed by atoms with Gasteiger partial charge in [-0.05, 0) is 6.92 Å². The standard InChI is InChI=1S/C7H13N3O4.2H2O/c1-4(8)7(14)10-2-5(11)9-3-6(12)13;;/h4H,2-3,8H2,1H3,(H,9,11)(H,10,14)(H,12,13);2*1H2/t4-;;/m0../s1. The maximum absolute atomic E-state index is 10.9. The van der Waals surface area contributed by atoms with E-state index in [9.17, 15) is 14.4 Å². The van der Waals surface area contributed by atoms with Crippen LogP contribution in [-0.4, -0.2) is 53.0 Å².